The predicted molar refractivity (Wildman–Crippen MR) is 168 cm³/mol. The Kier molecular flexibility index (Phi) is 9.38. The molecule has 2 aromatic carbocycles. The van der Waals surface area contributed by atoms with Gasteiger partial charge >= 0.3 is 11.9 Å². The zero-order valence-electron chi connectivity index (χ0n) is 25.9. The Morgan fingerprint density at radius 3 is 2.61 bits per heavy atom. The lowest BCUT2D eigenvalue weighted by Gasteiger charge is -2.31. The largest absolute Gasteiger partial charge is 0.487 e. The molecule has 236 valence electrons. The number of fused-ring (bicyclic) bond motifs is 2. The maximum Gasteiger partial charge on any atom is 0.354 e. The molecule has 6 rings (SSSR count). The van der Waals surface area contributed by atoms with Crippen molar-refractivity contribution in [3.8, 4) is 23.4 Å². The van der Waals surface area contributed by atoms with Crippen molar-refractivity contribution in [1.29, 1.82) is 5.26 Å². The predicted octanol–water partition coefficient (Wildman–Crippen LogP) is 4.98. The Morgan fingerprint density at radius 1 is 1.04 bits per heavy atom. The molecule has 2 aromatic heterocycles. The van der Waals surface area contributed by atoms with Crippen LogP contribution in [-0.4, -0.2) is 59.1 Å². The van der Waals surface area contributed by atoms with Crippen molar-refractivity contribution in [1.82, 2.24) is 19.9 Å². The van der Waals surface area contributed by atoms with Gasteiger partial charge in [-0.25, -0.2) is 14.6 Å². The summed E-state index contributed by atoms with van der Waals surface area (Å²) in [5.74, 6) is -0.819. The van der Waals surface area contributed by atoms with Gasteiger partial charge in [0.15, 0.2) is 11.3 Å². The molecule has 0 radical (unpaired) electrons. The highest BCUT2D eigenvalue weighted by atomic mass is 16.6. The van der Waals surface area contributed by atoms with E-state index in [-0.39, 0.29) is 18.2 Å². The minimum absolute atomic E-state index is 0.0496. The minimum Gasteiger partial charge on any atom is -0.487 e. The number of carbonyl (C=O) groups excluding carboxylic acids is 2. The molecule has 1 fully saturated rings. The first kappa shape index (κ1) is 31.0. The lowest BCUT2D eigenvalue weighted by molar-refractivity contribution is -0.134. The monoisotopic (exact) mass is 621 g/mol. The van der Waals surface area contributed by atoms with Gasteiger partial charge in [0, 0.05) is 24.6 Å². The summed E-state index contributed by atoms with van der Waals surface area (Å²) in [6.45, 7) is 3.85. The van der Waals surface area contributed by atoms with Crippen molar-refractivity contribution < 1.29 is 28.3 Å². The second-order valence-electron chi connectivity index (χ2n) is 11.9. The number of rotatable bonds is 10. The summed E-state index contributed by atoms with van der Waals surface area (Å²) in [5.41, 5.74) is 3.88. The number of benzene rings is 2. The van der Waals surface area contributed by atoms with Gasteiger partial charge in [0.05, 0.1) is 17.0 Å². The standard InChI is InChI=1S/C35H35N5O6/c1-39(2)21-28-30(43-22-26-9-12-31-34(37-26)45-32(41)18-25(19-36)35(42)44-31)13-10-27-29(38-46-33(27)28)11-8-23-14-16-40(17-15-23)20-24-6-4-3-5-7-24/h3-7,9-10,12-13,18,23H,8,11,14-17,20-22H2,1-2H3/b25-18+. The Balaban J connectivity index is 1.11. The van der Waals surface area contributed by atoms with Crippen LogP contribution in [0.2, 0.25) is 0 Å². The van der Waals surface area contributed by atoms with Crippen LogP contribution in [-0.2, 0) is 35.7 Å². The number of aromatic nitrogens is 2. The van der Waals surface area contributed by atoms with E-state index in [2.05, 4.69) is 45.4 Å². The molecule has 1 saturated heterocycles. The van der Waals surface area contributed by atoms with E-state index in [0.29, 0.717) is 29.5 Å². The smallest absolute Gasteiger partial charge is 0.354 e. The molecule has 0 N–H and O–H groups in total. The summed E-state index contributed by atoms with van der Waals surface area (Å²) in [7, 11) is 3.95. The van der Waals surface area contributed by atoms with Gasteiger partial charge in [0.25, 0.3) is 5.88 Å². The van der Waals surface area contributed by atoms with Crippen LogP contribution < -0.4 is 14.2 Å². The molecular formula is C35H35N5O6. The topological polar surface area (TPSA) is 131 Å². The Bertz CT molecular complexity index is 1800. The molecule has 0 atom stereocenters. The number of nitriles is 1. The van der Waals surface area contributed by atoms with Gasteiger partial charge in [-0.2, -0.15) is 5.26 Å². The van der Waals surface area contributed by atoms with Crippen LogP contribution in [0.25, 0.3) is 11.0 Å². The van der Waals surface area contributed by atoms with Crippen LogP contribution in [0, 0.1) is 17.2 Å². The molecule has 0 amide bonds. The zero-order valence-corrected chi connectivity index (χ0v) is 25.9. The van der Waals surface area contributed by atoms with Crippen LogP contribution in [0.1, 0.15) is 41.8 Å². The van der Waals surface area contributed by atoms with Crippen LogP contribution in [0.15, 0.2) is 70.8 Å². The lowest BCUT2D eigenvalue weighted by Crippen LogP contribution is -2.33. The highest BCUT2D eigenvalue weighted by molar-refractivity contribution is 6.02. The highest BCUT2D eigenvalue weighted by Crippen LogP contribution is 2.34. The first-order valence-electron chi connectivity index (χ1n) is 15.4. The second-order valence-corrected chi connectivity index (χ2v) is 11.9. The number of piperidine rings is 1. The van der Waals surface area contributed by atoms with E-state index in [0.717, 1.165) is 55.2 Å². The summed E-state index contributed by atoms with van der Waals surface area (Å²) in [6.07, 6.45) is 5.07. The number of esters is 2. The van der Waals surface area contributed by atoms with E-state index < -0.39 is 17.5 Å². The van der Waals surface area contributed by atoms with Crippen molar-refractivity contribution in [2.45, 2.75) is 45.4 Å². The Labute approximate surface area is 266 Å². The molecule has 0 bridgehead atoms. The number of carbonyl (C=O) groups is 2. The van der Waals surface area contributed by atoms with Crippen molar-refractivity contribution >= 4 is 22.9 Å². The van der Waals surface area contributed by atoms with E-state index in [1.807, 2.05) is 31.1 Å². The summed E-state index contributed by atoms with van der Waals surface area (Å²) in [5, 5.41) is 14.5. The molecular weight excluding hydrogens is 586 g/mol. The maximum absolute atomic E-state index is 12.1. The molecule has 2 aliphatic heterocycles. The average Bonchev–Trinajstić information content (AvgIpc) is 3.47. The zero-order chi connectivity index (χ0) is 32.0. The molecule has 4 aromatic rings. The highest BCUT2D eigenvalue weighted by Gasteiger charge is 2.24. The summed E-state index contributed by atoms with van der Waals surface area (Å²) < 4.78 is 22.5. The van der Waals surface area contributed by atoms with Crippen molar-refractivity contribution in [2.24, 2.45) is 5.92 Å². The fraction of sp³-hybridized carbons (Fsp3) is 0.343. The van der Waals surface area contributed by atoms with Crippen LogP contribution in [0.3, 0.4) is 0 Å². The van der Waals surface area contributed by atoms with Gasteiger partial charge in [-0.1, -0.05) is 35.5 Å². The normalized spacial score (nSPS) is 17.0. The van der Waals surface area contributed by atoms with Crippen molar-refractivity contribution in [3.05, 3.63) is 88.8 Å². The van der Waals surface area contributed by atoms with E-state index in [9.17, 15) is 9.59 Å². The van der Waals surface area contributed by atoms with Crippen LogP contribution in [0.4, 0.5) is 0 Å². The summed E-state index contributed by atoms with van der Waals surface area (Å²) in [6, 6.07) is 19.2. The quantitative estimate of drug-likeness (QED) is 0.222. The third-order valence-electron chi connectivity index (χ3n) is 8.26. The van der Waals surface area contributed by atoms with E-state index in [4.69, 9.17) is 24.0 Å². The number of hydrogen-bond donors (Lipinski definition) is 0. The van der Waals surface area contributed by atoms with Gasteiger partial charge in [-0.3, -0.25) is 4.90 Å². The summed E-state index contributed by atoms with van der Waals surface area (Å²) in [4.78, 5) is 33.2. The first-order chi connectivity index (χ1) is 22.4. The first-order valence-corrected chi connectivity index (χ1v) is 15.4. The number of aryl methyl sites for hydroxylation is 1. The third-order valence-corrected chi connectivity index (χ3v) is 8.26. The van der Waals surface area contributed by atoms with Crippen molar-refractivity contribution in [3.63, 3.8) is 0 Å². The molecule has 46 heavy (non-hydrogen) atoms. The van der Waals surface area contributed by atoms with Gasteiger partial charge < -0.3 is 23.6 Å². The Hall–Kier alpha value is -5.05. The summed E-state index contributed by atoms with van der Waals surface area (Å²) >= 11 is 0. The Morgan fingerprint density at radius 2 is 1.85 bits per heavy atom. The number of likely N-dealkylation sites (tertiary alicyclic amines) is 1. The molecule has 0 unspecified atom stereocenters. The number of ether oxygens (including phenoxy) is 3. The molecule has 2 aliphatic rings. The second kappa shape index (κ2) is 13.9. The van der Waals surface area contributed by atoms with Crippen molar-refractivity contribution in [2.75, 3.05) is 27.2 Å². The average molecular weight is 622 g/mol. The van der Waals surface area contributed by atoms with Gasteiger partial charge in [0.1, 0.15) is 24.0 Å². The van der Waals surface area contributed by atoms with Crippen LogP contribution >= 0.6 is 0 Å². The van der Waals surface area contributed by atoms with Gasteiger partial charge in [0.2, 0.25) is 0 Å². The fourth-order valence-corrected chi connectivity index (χ4v) is 5.87. The van der Waals surface area contributed by atoms with E-state index in [1.165, 1.54) is 24.5 Å². The molecule has 11 heteroatoms. The third kappa shape index (κ3) is 7.25. The SMILES string of the molecule is CN(C)Cc1c(OCc2ccc3c(n2)OC(=O)/C=C(\C#N)C(=O)O3)ccc2c(CCC3CCN(Cc4ccccc4)CC3)noc12. The molecule has 4 heterocycles. The number of nitrogens with zero attached hydrogens (tertiary/aromatic N) is 5. The number of hydrogen-bond acceptors (Lipinski definition) is 11. The molecule has 0 aliphatic carbocycles. The molecule has 0 spiro atoms. The van der Waals surface area contributed by atoms with E-state index >= 15 is 0 Å². The fourth-order valence-electron chi connectivity index (χ4n) is 5.87. The number of pyridine rings is 1. The molecule has 11 nitrogen and oxygen atoms in total. The lowest BCUT2D eigenvalue weighted by atomic mass is 9.91. The van der Waals surface area contributed by atoms with Crippen LogP contribution in [0.5, 0.6) is 17.4 Å². The maximum atomic E-state index is 12.1. The van der Waals surface area contributed by atoms with Gasteiger partial charge in [-0.15, -0.1) is 0 Å². The van der Waals surface area contributed by atoms with Gasteiger partial charge in [-0.05, 0) is 88.6 Å². The van der Waals surface area contributed by atoms with E-state index in [1.54, 1.807) is 12.1 Å². The minimum atomic E-state index is -0.955. The molecule has 0 saturated carbocycles.